The van der Waals surface area contributed by atoms with Gasteiger partial charge in [0.05, 0.1) is 19.1 Å². The van der Waals surface area contributed by atoms with Crippen LogP contribution in [0.1, 0.15) is 31.7 Å². The van der Waals surface area contributed by atoms with E-state index in [2.05, 4.69) is 0 Å². The second kappa shape index (κ2) is 7.08. The average molecular weight is 357 g/mol. The SMILES string of the molecule is COc1ccc(C(C)C)cc1S(=O)(=O)N1CC[C@H](O)[C@@H](C(=O)O)C1. The van der Waals surface area contributed by atoms with E-state index in [1.807, 2.05) is 19.9 Å². The molecular weight excluding hydrogens is 334 g/mol. The molecule has 1 fully saturated rings. The van der Waals surface area contributed by atoms with Crippen molar-refractivity contribution in [1.29, 1.82) is 0 Å². The second-order valence-electron chi connectivity index (χ2n) is 6.23. The maximum Gasteiger partial charge on any atom is 0.310 e. The predicted molar refractivity (Wildman–Crippen MR) is 87.6 cm³/mol. The minimum absolute atomic E-state index is 0.0247. The summed E-state index contributed by atoms with van der Waals surface area (Å²) in [7, 11) is -2.52. The van der Waals surface area contributed by atoms with Gasteiger partial charge >= 0.3 is 5.97 Å². The normalized spacial score (nSPS) is 22.5. The van der Waals surface area contributed by atoms with Crippen LogP contribution in [0.25, 0.3) is 0 Å². The van der Waals surface area contributed by atoms with Crippen LogP contribution in [-0.4, -0.2) is 55.2 Å². The third-order valence-electron chi connectivity index (χ3n) is 4.33. The van der Waals surface area contributed by atoms with E-state index in [1.54, 1.807) is 12.1 Å². The summed E-state index contributed by atoms with van der Waals surface area (Å²) in [5.74, 6) is -1.98. The molecule has 24 heavy (non-hydrogen) atoms. The van der Waals surface area contributed by atoms with Gasteiger partial charge in [0.1, 0.15) is 10.6 Å². The average Bonchev–Trinajstić information content (AvgIpc) is 2.54. The lowest BCUT2D eigenvalue weighted by Gasteiger charge is -2.33. The van der Waals surface area contributed by atoms with Crippen molar-refractivity contribution in [3.8, 4) is 5.75 Å². The Bertz CT molecular complexity index is 715. The molecule has 0 aliphatic carbocycles. The van der Waals surface area contributed by atoms with Crippen LogP contribution in [0, 0.1) is 5.92 Å². The highest BCUT2D eigenvalue weighted by Gasteiger charge is 2.39. The van der Waals surface area contributed by atoms with E-state index in [-0.39, 0.29) is 36.1 Å². The molecule has 2 rings (SSSR count). The molecular formula is C16H23NO6S. The van der Waals surface area contributed by atoms with Crippen molar-refractivity contribution in [2.75, 3.05) is 20.2 Å². The maximum atomic E-state index is 13.0. The molecule has 0 amide bonds. The summed E-state index contributed by atoms with van der Waals surface area (Å²) in [5, 5.41) is 19.0. The van der Waals surface area contributed by atoms with Gasteiger partial charge in [-0.1, -0.05) is 19.9 Å². The Kier molecular flexibility index (Phi) is 5.52. The number of aliphatic carboxylic acids is 1. The van der Waals surface area contributed by atoms with Crippen LogP contribution in [0.15, 0.2) is 23.1 Å². The van der Waals surface area contributed by atoms with Crippen LogP contribution >= 0.6 is 0 Å². The lowest BCUT2D eigenvalue weighted by Crippen LogP contribution is -2.48. The first-order valence-electron chi connectivity index (χ1n) is 7.77. The first-order valence-corrected chi connectivity index (χ1v) is 9.21. The van der Waals surface area contributed by atoms with Gasteiger partial charge in [0.25, 0.3) is 0 Å². The summed E-state index contributed by atoms with van der Waals surface area (Å²) in [6.07, 6.45) is -0.958. The topological polar surface area (TPSA) is 104 Å². The molecule has 1 aromatic carbocycles. The van der Waals surface area contributed by atoms with Gasteiger partial charge in [-0.05, 0) is 30.0 Å². The summed E-state index contributed by atoms with van der Waals surface area (Å²) < 4.78 is 32.3. The highest BCUT2D eigenvalue weighted by Crippen LogP contribution is 2.32. The lowest BCUT2D eigenvalue weighted by molar-refractivity contribution is -0.147. The highest BCUT2D eigenvalue weighted by atomic mass is 32.2. The number of methoxy groups -OCH3 is 1. The fraction of sp³-hybridized carbons (Fsp3) is 0.562. The summed E-state index contributed by atoms with van der Waals surface area (Å²) in [4.78, 5) is 11.3. The third-order valence-corrected chi connectivity index (χ3v) is 6.21. The zero-order valence-corrected chi connectivity index (χ0v) is 14.8. The smallest absolute Gasteiger partial charge is 0.310 e. The number of sulfonamides is 1. The molecule has 0 spiro atoms. The Balaban J connectivity index is 2.43. The Labute approximate surface area is 141 Å². The maximum absolute atomic E-state index is 13.0. The van der Waals surface area contributed by atoms with E-state index in [1.165, 1.54) is 7.11 Å². The summed E-state index contributed by atoms with van der Waals surface area (Å²) >= 11 is 0. The van der Waals surface area contributed by atoms with Crippen molar-refractivity contribution in [3.05, 3.63) is 23.8 Å². The van der Waals surface area contributed by atoms with E-state index < -0.39 is 28.0 Å². The van der Waals surface area contributed by atoms with Gasteiger partial charge in [-0.15, -0.1) is 0 Å². The summed E-state index contributed by atoms with van der Waals surface area (Å²) in [6.45, 7) is 3.72. The van der Waals surface area contributed by atoms with Crippen molar-refractivity contribution in [2.45, 2.75) is 37.2 Å². The third kappa shape index (κ3) is 3.55. The van der Waals surface area contributed by atoms with Gasteiger partial charge in [-0.2, -0.15) is 4.31 Å². The van der Waals surface area contributed by atoms with Crippen LogP contribution in [0.3, 0.4) is 0 Å². The van der Waals surface area contributed by atoms with Crippen molar-refractivity contribution >= 4 is 16.0 Å². The van der Waals surface area contributed by atoms with E-state index in [0.717, 1.165) is 9.87 Å². The number of carboxylic acid groups (broad SMARTS) is 1. The van der Waals surface area contributed by atoms with Gasteiger partial charge in [0.2, 0.25) is 10.0 Å². The molecule has 134 valence electrons. The largest absolute Gasteiger partial charge is 0.495 e. The number of hydrogen-bond acceptors (Lipinski definition) is 5. The Morgan fingerprint density at radius 3 is 2.58 bits per heavy atom. The highest BCUT2D eigenvalue weighted by molar-refractivity contribution is 7.89. The van der Waals surface area contributed by atoms with Gasteiger partial charge < -0.3 is 14.9 Å². The first-order chi connectivity index (χ1) is 11.2. The Morgan fingerprint density at radius 2 is 2.04 bits per heavy atom. The van der Waals surface area contributed by atoms with E-state index in [4.69, 9.17) is 4.74 Å². The van der Waals surface area contributed by atoms with Crippen LogP contribution in [0.2, 0.25) is 0 Å². The number of nitrogens with zero attached hydrogens (tertiary/aromatic N) is 1. The second-order valence-corrected chi connectivity index (χ2v) is 8.14. The molecule has 1 saturated heterocycles. The lowest BCUT2D eigenvalue weighted by atomic mass is 9.96. The molecule has 0 radical (unpaired) electrons. The number of carbonyl (C=O) groups is 1. The van der Waals surface area contributed by atoms with Gasteiger partial charge in [0.15, 0.2) is 0 Å². The van der Waals surface area contributed by atoms with Crippen LogP contribution in [-0.2, 0) is 14.8 Å². The molecule has 1 aromatic rings. The number of benzene rings is 1. The van der Waals surface area contributed by atoms with Crippen molar-refractivity contribution < 1.29 is 28.2 Å². The van der Waals surface area contributed by atoms with E-state index in [9.17, 15) is 23.4 Å². The molecule has 1 heterocycles. The number of rotatable bonds is 5. The van der Waals surface area contributed by atoms with Crippen LogP contribution < -0.4 is 4.74 Å². The number of ether oxygens (including phenoxy) is 1. The zero-order valence-electron chi connectivity index (χ0n) is 14.0. The molecule has 1 aliphatic heterocycles. The molecule has 2 N–H and O–H groups in total. The summed E-state index contributed by atoms with van der Waals surface area (Å²) in [5.41, 5.74) is 0.848. The van der Waals surface area contributed by atoms with Gasteiger partial charge in [-0.25, -0.2) is 8.42 Å². The molecule has 0 unspecified atom stereocenters. The summed E-state index contributed by atoms with van der Waals surface area (Å²) in [6, 6.07) is 4.98. The predicted octanol–water partition coefficient (Wildman–Crippen LogP) is 1.27. The molecule has 8 heteroatoms. The van der Waals surface area contributed by atoms with Crippen LogP contribution in [0.4, 0.5) is 0 Å². The quantitative estimate of drug-likeness (QED) is 0.822. The number of carboxylic acids is 1. The number of aliphatic hydroxyl groups is 1. The zero-order chi connectivity index (χ0) is 18.1. The molecule has 2 atom stereocenters. The monoisotopic (exact) mass is 357 g/mol. The van der Waals surface area contributed by atoms with E-state index >= 15 is 0 Å². The number of hydrogen-bond donors (Lipinski definition) is 2. The van der Waals surface area contributed by atoms with Crippen molar-refractivity contribution in [1.82, 2.24) is 4.31 Å². The number of aliphatic hydroxyl groups excluding tert-OH is 1. The first kappa shape index (κ1) is 18.7. The van der Waals surface area contributed by atoms with Crippen molar-refractivity contribution in [2.24, 2.45) is 5.92 Å². The minimum Gasteiger partial charge on any atom is -0.495 e. The standard InChI is InChI=1S/C16H23NO6S/c1-10(2)11-4-5-14(23-3)15(8-11)24(21,22)17-7-6-13(18)12(9-17)16(19)20/h4-5,8,10,12-13,18H,6-7,9H2,1-3H3,(H,19,20)/t12-,13-/m0/s1. The van der Waals surface area contributed by atoms with Gasteiger partial charge in [0, 0.05) is 13.1 Å². The fourth-order valence-corrected chi connectivity index (χ4v) is 4.44. The van der Waals surface area contributed by atoms with Crippen LogP contribution in [0.5, 0.6) is 5.75 Å². The minimum atomic E-state index is -3.92. The Morgan fingerprint density at radius 1 is 1.38 bits per heavy atom. The fourth-order valence-electron chi connectivity index (χ4n) is 2.76. The number of piperidine rings is 1. The Hall–Kier alpha value is -1.64. The molecule has 1 aliphatic rings. The van der Waals surface area contributed by atoms with Gasteiger partial charge in [-0.3, -0.25) is 4.79 Å². The van der Waals surface area contributed by atoms with Crippen molar-refractivity contribution in [3.63, 3.8) is 0 Å². The molecule has 0 aromatic heterocycles. The molecule has 0 bridgehead atoms. The molecule has 7 nitrogen and oxygen atoms in total. The van der Waals surface area contributed by atoms with E-state index in [0.29, 0.717) is 0 Å². The molecule has 0 saturated carbocycles.